The van der Waals surface area contributed by atoms with E-state index in [-0.39, 0.29) is 29.9 Å². The van der Waals surface area contributed by atoms with Crippen molar-refractivity contribution in [2.24, 2.45) is 4.99 Å². The number of para-hydroxylation sites is 2. The molecule has 8 heteroatoms. The summed E-state index contributed by atoms with van der Waals surface area (Å²) in [6, 6.07) is 18.7. The van der Waals surface area contributed by atoms with Gasteiger partial charge in [-0.1, -0.05) is 36.4 Å². The van der Waals surface area contributed by atoms with Crippen LogP contribution < -0.4 is 15.5 Å². The third-order valence-corrected chi connectivity index (χ3v) is 5.97. The van der Waals surface area contributed by atoms with E-state index < -0.39 is 0 Å². The van der Waals surface area contributed by atoms with Crippen molar-refractivity contribution in [3.8, 4) is 0 Å². The molecule has 1 aromatic heterocycles. The second kappa shape index (κ2) is 12.5. The molecule has 2 heterocycles. The normalized spacial score (nSPS) is 14.2. The lowest BCUT2D eigenvalue weighted by Gasteiger charge is -2.36. The Labute approximate surface area is 212 Å². The zero-order chi connectivity index (χ0) is 22.2. The lowest BCUT2D eigenvalue weighted by atomic mass is 10.1. The number of benzene rings is 2. The second-order valence-corrected chi connectivity index (χ2v) is 7.99. The molecule has 0 saturated carbocycles. The molecule has 1 aliphatic rings. The van der Waals surface area contributed by atoms with Crippen LogP contribution in [0.2, 0.25) is 0 Å². The summed E-state index contributed by atoms with van der Waals surface area (Å²) in [4.78, 5) is 24.5. The Morgan fingerprint density at radius 1 is 0.970 bits per heavy atom. The average Bonchev–Trinajstić information content (AvgIpc) is 3.26. The highest BCUT2D eigenvalue weighted by Crippen LogP contribution is 2.18. The van der Waals surface area contributed by atoms with Gasteiger partial charge in [0.2, 0.25) is 5.91 Å². The predicted octanol–water partition coefficient (Wildman–Crippen LogP) is 3.23. The highest BCUT2D eigenvalue weighted by molar-refractivity contribution is 14.0. The van der Waals surface area contributed by atoms with E-state index in [1.54, 1.807) is 7.05 Å². The van der Waals surface area contributed by atoms with Crippen molar-refractivity contribution in [1.29, 1.82) is 0 Å². The first-order chi connectivity index (χ1) is 15.7. The number of hydrogen-bond acceptors (Lipinski definition) is 3. The molecule has 1 aliphatic heterocycles. The quantitative estimate of drug-likeness (QED) is 0.236. The van der Waals surface area contributed by atoms with E-state index in [0.29, 0.717) is 13.0 Å². The Morgan fingerprint density at radius 3 is 2.42 bits per heavy atom. The molecular formula is C25H33IN6O. The molecule has 1 amide bonds. The molecule has 1 fully saturated rings. The fourth-order valence-electron chi connectivity index (χ4n) is 4.17. The number of hydrogen-bond donors (Lipinski definition) is 3. The molecule has 0 aliphatic carbocycles. The average molecular weight is 560 g/mol. The molecule has 0 unspecified atom stereocenters. The maximum Gasteiger partial charge on any atom is 0.224 e. The summed E-state index contributed by atoms with van der Waals surface area (Å²) in [5, 5.41) is 7.87. The zero-order valence-corrected chi connectivity index (χ0v) is 21.4. The minimum Gasteiger partial charge on any atom is -0.368 e. The SMILES string of the molecule is CN=C(NCCC(=O)N1CCN(c2ccccc2)CC1)NCCc1c[nH]c2ccccc12.I. The Morgan fingerprint density at radius 2 is 1.67 bits per heavy atom. The number of piperazine rings is 1. The van der Waals surface area contributed by atoms with E-state index in [0.717, 1.165) is 50.6 Å². The van der Waals surface area contributed by atoms with Crippen LogP contribution in [0.4, 0.5) is 5.69 Å². The van der Waals surface area contributed by atoms with Crippen molar-refractivity contribution in [3.63, 3.8) is 0 Å². The van der Waals surface area contributed by atoms with Gasteiger partial charge < -0.3 is 25.4 Å². The van der Waals surface area contributed by atoms with Gasteiger partial charge in [0.15, 0.2) is 5.96 Å². The number of aromatic amines is 1. The minimum atomic E-state index is 0. The Kier molecular flexibility index (Phi) is 9.41. The summed E-state index contributed by atoms with van der Waals surface area (Å²) in [7, 11) is 1.76. The Balaban J connectivity index is 0.00000306. The van der Waals surface area contributed by atoms with Crippen molar-refractivity contribution in [2.45, 2.75) is 12.8 Å². The fraction of sp³-hybridized carbons (Fsp3) is 0.360. The monoisotopic (exact) mass is 560 g/mol. The minimum absolute atomic E-state index is 0. The number of anilines is 1. The Hall–Kier alpha value is -2.75. The van der Waals surface area contributed by atoms with Crippen LogP contribution in [0.15, 0.2) is 65.8 Å². The van der Waals surface area contributed by atoms with Crippen molar-refractivity contribution in [1.82, 2.24) is 20.5 Å². The lowest BCUT2D eigenvalue weighted by Crippen LogP contribution is -2.49. The molecule has 0 spiro atoms. The number of carbonyl (C=O) groups excluding carboxylic acids is 1. The van der Waals surface area contributed by atoms with Gasteiger partial charge >= 0.3 is 0 Å². The van der Waals surface area contributed by atoms with Crippen LogP contribution in [0.25, 0.3) is 10.9 Å². The third kappa shape index (κ3) is 6.63. The van der Waals surface area contributed by atoms with Gasteiger partial charge in [0, 0.05) is 75.5 Å². The number of aliphatic imine (C=N–C) groups is 1. The number of carbonyl (C=O) groups is 1. The molecule has 3 aromatic rings. The molecule has 0 atom stereocenters. The van der Waals surface area contributed by atoms with Crippen molar-refractivity contribution >= 4 is 52.4 Å². The predicted molar refractivity (Wildman–Crippen MR) is 147 cm³/mol. The molecule has 0 bridgehead atoms. The molecule has 4 rings (SSSR count). The largest absolute Gasteiger partial charge is 0.368 e. The van der Waals surface area contributed by atoms with Gasteiger partial charge in [0.05, 0.1) is 0 Å². The molecule has 7 nitrogen and oxygen atoms in total. The maximum absolute atomic E-state index is 12.6. The molecule has 176 valence electrons. The number of aromatic nitrogens is 1. The van der Waals surface area contributed by atoms with Crippen molar-refractivity contribution < 1.29 is 4.79 Å². The molecule has 2 aromatic carbocycles. The van der Waals surface area contributed by atoms with E-state index in [1.165, 1.54) is 16.6 Å². The zero-order valence-electron chi connectivity index (χ0n) is 19.1. The highest BCUT2D eigenvalue weighted by atomic mass is 127. The first kappa shape index (κ1) is 24.9. The smallest absolute Gasteiger partial charge is 0.224 e. The second-order valence-electron chi connectivity index (χ2n) is 7.99. The van der Waals surface area contributed by atoms with Gasteiger partial charge in [-0.15, -0.1) is 24.0 Å². The van der Waals surface area contributed by atoms with Gasteiger partial charge in [-0.2, -0.15) is 0 Å². The van der Waals surface area contributed by atoms with E-state index in [9.17, 15) is 4.79 Å². The number of nitrogens with zero attached hydrogens (tertiary/aromatic N) is 3. The van der Waals surface area contributed by atoms with Gasteiger partial charge in [-0.05, 0) is 30.2 Å². The number of amides is 1. The maximum atomic E-state index is 12.6. The number of H-pyrrole nitrogens is 1. The highest BCUT2D eigenvalue weighted by Gasteiger charge is 2.20. The van der Waals surface area contributed by atoms with Gasteiger partial charge in [-0.25, -0.2) is 0 Å². The molecular weight excluding hydrogens is 527 g/mol. The van der Waals surface area contributed by atoms with Gasteiger partial charge in [-0.3, -0.25) is 9.79 Å². The summed E-state index contributed by atoms with van der Waals surface area (Å²) in [5.74, 6) is 0.922. The van der Waals surface area contributed by atoms with Crippen molar-refractivity contribution in [2.75, 3.05) is 51.2 Å². The number of rotatable bonds is 7. The fourth-order valence-corrected chi connectivity index (χ4v) is 4.17. The molecule has 0 radical (unpaired) electrons. The third-order valence-electron chi connectivity index (χ3n) is 5.97. The van der Waals surface area contributed by atoms with Crippen LogP contribution in [0.1, 0.15) is 12.0 Å². The molecule has 33 heavy (non-hydrogen) atoms. The summed E-state index contributed by atoms with van der Waals surface area (Å²) >= 11 is 0. The van der Waals surface area contributed by atoms with Crippen LogP contribution in [-0.2, 0) is 11.2 Å². The molecule has 1 saturated heterocycles. The lowest BCUT2D eigenvalue weighted by molar-refractivity contribution is -0.131. The Bertz CT molecular complexity index is 1040. The van der Waals surface area contributed by atoms with Crippen LogP contribution in [0, 0.1) is 0 Å². The number of guanidine groups is 1. The van der Waals surface area contributed by atoms with E-state index in [2.05, 4.69) is 74.2 Å². The van der Waals surface area contributed by atoms with Gasteiger partial charge in [0.1, 0.15) is 0 Å². The number of fused-ring (bicyclic) bond motifs is 1. The van der Waals surface area contributed by atoms with Crippen LogP contribution in [0.3, 0.4) is 0 Å². The molecule has 3 N–H and O–H groups in total. The number of nitrogens with one attached hydrogen (secondary N) is 3. The summed E-state index contributed by atoms with van der Waals surface area (Å²) in [6.07, 6.45) is 3.43. The topological polar surface area (TPSA) is 75.8 Å². The van der Waals surface area contributed by atoms with E-state index in [4.69, 9.17) is 0 Å². The first-order valence-corrected chi connectivity index (χ1v) is 11.3. The van der Waals surface area contributed by atoms with Crippen molar-refractivity contribution in [3.05, 3.63) is 66.4 Å². The summed E-state index contributed by atoms with van der Waals surface area (Å²) < 4.78 is 0. The number of halogens is 1. The summed E-state index contributed by atoms with van der Waals surface area (Å²) in [5.41, 5.74) is 3.67. The van der Waals surface area contributed by atoms with Crippen LogP contribution in [-0.4, -0.2) is 68.1 Å². The van der Waals surface area contributed by atoms with Crippen LogP contribution >= 0.6 is 24.0 Å². The first-order valence-electron chi connectivity index (χ1n) is 11.3. The standard InChI is InChI=1S/C25H32N6O.HI/c1-26-25(27-13-11-20-19-29-23-10-6-5-9-22(20)23)28-14-12-24(32)31-17-15-30(16-18-31)21-7-3-2-4-8-21;/h2-10,19,29H,11-18H2,1H3,(H2,26,27,28);1H. The summed E-state index contributed by atoms with van der Waals surface area (Å²) in [6.45, 7) is 4.64. The van der Waals surface area contributed by atoms with Crippen LogP contribution in [0.5, 0.6) is 0 Å². The van der Waals surface area contributed by atoms with Gasteiger partial charge in [0.25, 0.3) is 0 Å². The van der Waals surface area contributed by atoms with E-state index in [1.807, 2.05) is 17.0 Å². The van der Waals surface area contributed by atoms with E-state index >= 15 is 0 Å².